The van der Waals surface area contributed by atoms with Crippen molar-refractivity contribution < 1.29 is 13.2 Å². The summed E-state index contributed by atoms with van der Waals surface area (Å²) in [7, 11) is 0. The monoisotopic (exact) mass is 238 g/mol. The van der Waals surface area contributed by atoms with Gasteiger partial charge in [-0.15, -0.1) is 0 Å². The van der Waals surface area contributed by atoms with Crippen molar-refractivity contribution in [3.63, 3.8) is 0 Å². The van der Waals surface area contributed by atoms with Gasteiger partial charge in [-0.1, -0.05) is 25.4 Å². The fourth-order valence-corrected chi connectivity index (χ4v) is 1.60. The largest absolute Gasteiger partial charge is 0.419 e. The quantitative estimate of drug-likeness (QED) is 0.761. The molecular weight excluding hydrogens is 229 g/mol. The van der Waals surface area contributed by atoms with E-state index in [1.165, 1.54) is 6.07 Å². The fraction of sp³-hybridized carbons (Fsp3) is 0.444. The molecule has 0 unspecified atom stereocenters. The third-order valence-corrected chi connectivity index (χ3v) is 2.20. The van der Waals surface area contributed by atoms with Crippen molar-refractivity contribution in [1.29, 1.82) is 0 Å². The van der Waals surface area contributed by atoms with E-state index in [1.807, 2.05) is 0 Å². The third kappa shape index (κ3) is 2.53. The molecule has 0 aliphatic rings. The van der Waals surface area contributed by atoms with Crippen LogP contribution < -0.4 is 5.73 Å². The van der Waals surface area contributed by atoms with Gasteiger partial charge in [0.25, 0.3) is 0 Å². The highest BCUT2D eigenvalue weighted by molar-refractivity contribution is 6.30. The van der Waals surface area contributed by atoms with Gasteiger partial charge >= 0.3 is 6.18 Å². The van der Waals surface area contributed by atoms with Crippen LogP contribution in [-0.4, -0.2) is 4.98 Å². The highest BCUT2D eigenvalue weighted by Crippen LogP contribution is 2.39. The second-order valence-electron chi connectivity index (χ2n) is 3.45. The van der Waals surface area contributed by atoms with Crippen LogP contribution in [0.25, 0.3) is 0 Å². The first kappa shape index (κ1) is 12.1. The van der Waals surface area contributed by atoms with Crippen molar-refractivity contribution in [2.75, 3.05) is 5.73 Å². The van der Waals surface area contributed by atoms with E-state index >= 15 is 0 Å². The van der Waals surface area contributed by atoms with Crippen molar-refractivity contribution in [2.45, 2.75) is 25.9 Å². The summed E-state index contributed by atoms with van der Waals surface area (Å²) in [6, 6.07) is 1.21. The first-order valence-electron chi connectivity index (χ1n) is 4.26. The normalized spacial score (nSPS) is 12.2. The van der Waals surface area contributed by atoms with Crippen LogP contribution in [0.2, 0.25) is 5.15 Å². The highest BCUT2D eigenvalue weighted by Gasteiger charge is 2.37. The number of hydrogen-bond acceptors (Lipinski definition) is 2. The van der Waals surface area contributed by atoms with Crippen LogP contribution in [-0.2, 0) is 6.18 Å². The lowest BCUT2D eigenvalue weighted by molar-refractivity contribution is -0.138. The van der Waals surface area contributed by atoms with E-state index in [1.54, 1.807) is 13.8 Å². The van der Waals surface area contributed by atoms with Crippen LogP contribution in [0.5, 0.6) is 0 Å². The van der Waals surface area contributed by atoms with E-state index in [2.05, 4.69) is 4.98 Å². The number of hydrogen-bond donors (Lipinski definition) is 1. The Bertz CT molecular complexity index is 374. The molecule has 84 valence electrons. The molecule has 1 heterocycles. The van der Waals surface area contributed by atoms with Gasteiger partial charge in [-0.2, -0.15) is 13.2 Å². The van der Waals surface area contributed by atoms with Crippen LogP contribution >= 0.6 is 11.6 Å². The maximum absolute atomic E-state index is 12.6. The molecule has 2 N–H and O–H groups in total. The average Bonchev–Trinajstić information content (AvgIpc) is 1.99. The van der Waals surface area contributed by atoms with Gasteiger partial charge in [0.2, 0.25) is 0 Å². The Balaban J connectivity index is 3.48. The molecule has 15 heavy (non-hydrogen) atoms. The predicted molar refractivity (Wildman–Crippen MR) is 52.8 cm³/mol. The predicted octanol–water partition coefficient (Wildman–Crippen LogP) is 3.46. The van der Waals surface area contributed by atoms with Gasteiger partial charge in [0.1, 0.15) is 11.0 Å². The number of rotatable bonds is 1. The molecule has 0 aromatic carbocycles. The van der Waals surface area contributed by atoms with Crippen LogP contribution in [0.4, 0.5) is 19.0 Å². The van der Waals surface area contributed by atoms with Gasteiger partial charge in [-0.05, 0) is 17.5 Å². The molecule has 6 heteroatoms. The summed E-state index contributed by atoms with van der Waals surface area (Å²) < 4.78 is 37.9. The molecule has 0 atom stereocenters. The molecule has 0 bridgehead atoms. The minimum absolute atomic E-state index is 0.00306. The Hall–Kier alpha value is -0.970. The van der Waals surface area contributed by atoms with Crippen LogP contribution in [0.1, 0.15) is 30.9 Å². The summed E-state index contributed by atoms with van der Waals surface area (Å²) >= 11 is 5.45. The second-order valence-corrected chi connectivity index (χ2v) is 3.81. The zero-order valence-electron chi connectivity index (χ0n) is 8.19. The number of nitrogens with zero attached hydrogens (tertiary/aromatic N) is 1. The SMILES string of the molecule is CC(C)c1cc(N)nc(Cl)c1C(F)(F)F. The zero-order valence-corrected chi connectivity index (χ0v) is 8.95. The van der Waals surface area contributed by atoms with E-state index < -0.39 is 16.9 Å². The number of alkyl halides is 3. The molecule has 0 saturated heterocycles. The molecule has 1 aromatic heterocycles. The van der Waals surface area contributed by atoms with E-state index in [9.17, 15) is 13.2 Å². The molecule has 0 spiro atoms. The van der Waals surface area contributed by atoms with Gasteiger partial charge < -0.3 is 5.73 Å². The lowest BCUT2D eigenvalue weighted by atomic mass is 9.98. The zero-order chi connectivity index (χ0) is 11.8. The second kappa shape index (κ2) is 3.89. The Labute approximate surface area is 90.3 Å². The lowest BCUT2D eigenvalue weighted by Crippen LogP contribution is -2.13. The Morgan fingerprint density at radius 2 is 1.93 bits per heavy atom. The molecule has 0 aliphatic heterocycles. The molecular formula is C9H10ClF3N2. The number of halogens is 4. The lowest BCUT2D eigenvalue weighted by Gasteiger charge is -2.16. The number of nitrogens with two attached hydrogens (primary N) is 1. The fourth-order valence-electron chi connectivity index (χ4n) is 1.29. The summed E-state index contributed by atoms with van der Waals surface area (Å²) in [5.41, 5.74) is 4.52. The van der Waals surface area contributed by atoms with Gasteiger partial charge in [0, 0.05) is 0 Å². The van der Waals surface area contributed by atoms with Crippen LogP contribution in [0.3, 0.4) is 0 Å². The molecule has 2 nitrogen and oxygen atoms in total. The van der Waals surface area contributed by atoms with Gasteiger partial charge in [0.15, 0.2) is 0 Å². The summed E-state index contributed by atoms with van der Waals surface area (Å²) in [5, 5.41) is -0.591. The van der Waals surface area contributed by atoms with Crippen molar-refractivity contribution in [2.24, 2.45) is 0 Å². The first-order valence-corrected chi connectivity index (χ1v) is 4.64. The maximum Gasteiger partial charge on any atom is 0.419 e. The summed E-state index contributed by atoms with van der Waals surface area (Å²) in [6.45, 7) is 3.28. The number of aromatic nitrogens is 1. The van der Waals surface area contributed by atoms with Gasteiger partial charge in [-0.25, -0.2) is 4.98 Å². The van der Waals surface area contributed by atoms with E-state index in [-0.39, 0.29) is 17.3 Å². The summed E-state index contributed by atoms with van der Waals surface area (Å²) in [4.78, 5) is 3.41. The molecule has 0 radical (unpaired) electrons. The average molecular weight is 239 g/mol. The summed E-state index contributed by atoms with van der Waals surface area (Å²) in [5.74, 6) is -0.318. The molecule has 0 fully saturated rings. The van der Waals surface area contributed by atoms with Crippen molar-refractivity contribution in [3.8, 4) is 0 Å². The summed E-state index contributed by atoms with van der Waals surface area (Å²) in [6.07, 6.45) is -4.50. The highest BCUT2D eigenvalue weighted by atomic mass is 35.5. The molecule has 1 aromatic rings. The molecule has 1 rings (SSSR count). The molecule has 0 saturated carbocycles. The van der Waals surface area contributed by atoms with Crippen LogP contribution in [0, 0.1) is 0 Å². The topological polar surface area (TPSA) is 38.9 Å². The smallest absolute Gasteiger partial charge is 0.384 e. The van der Waals surface area contributed by atoms with Gasteiger partial charge in [0.05, 0.1) is 5.56 Å². The van der Waals surface area contributed by atoms with Crippen molar-refractivity contribution >= 4 is 17.4 Å². The van der Waals surface area contributed by atoms with Crippen LogP contribution in [0.15, 0.2) is 6.07 Å². The van der Waals surface area contributed by atoms with Gasteiger partial charge in [-0.3, -0.25) is 0 Å². The Morgan fingerprint density at radius 1 is 1.40 bits per heavy atom. The van der Waals surface area contributed by atoms with Crippen molar-refractivity contribution in [1.82, 2.24) is 4.98 Å². The van der Waals surface area contributed by atoms with E-state index in [0.29, 0.717) is 0 Å². The molecule has 0 aliphatic carbocycles. The van der Waals surface area contributed by atoms with E-state index in [0.717, 1.165) is 0 Å². The minimum atomic E-state index is -4.50. The number of pyridine rings is 1. The first-order chi connectivity index (χ1) is 6.73. The standard InChI is InChI=1S/C9H10ClF3N2/c1-4(2)5-3-6(14)15-8(10)7(5)9(11,12)13/h3-4H,1-2H3,(H2,14,15). The Morgan fingerprint density at radius 3 is 2.33 bits per heavy atom. The minimum Gasteiger partial charge on any atom is -0.384 e. The van der Waals surface area contributed by atoms with Crippen molar-refractivity contribution in [3.05, 3.63) is 22.3 Å². The Kier molecular flexibility index (Phi) is 3.13. The maximum atomic E-state index is 12.6. The third-order valence-electron chi connectivity index (χ3n) is 1.93. The molecule has 0 amide bonds. The number of anilines is 1. The number of nitrogen functional groups attached to an aromatic ring is 1. The van der Waals surface area contributed by atoms with E-state index in [4.69, 9.17) is 17.3 Å².